The molecule has 1 saturated carbocycles. The van der Waals surface area contributed by atoms with Crippen molar-refractivity contribution in [1.29, 1.82) is 0 Å². The highest BCUT2D eigenvalue weighted by atomic mass is 19.4. The predicted molar refractivity (Wildman–Crippen MR) is 125 cm³/mol. The molecule has 0 amide bonds. The number of aromatic nitrogens is 3. The summed E-state index contributed by atoms with van der Waals surface area (Å²) in [5.41, 5.74) is -0.956. The predicted octanol–water partition coefficient (Wildman–Crippen LogP) is 5.44. The first-order chi connectivity index (χ1) is 17.9. The van der Waals surface area contributed by atoms with Gasteiger partial charge >= 0.3 is 12.4 Å². The van der Waals surface area contributed by atoms with Crippen LogP contribution in [0.3, 0.4) is 0 Å². The molecular formula is C26H27F6N5O. The summed E-state index contributed by atoms with van der Waals surface area (Å²) in [5, 5.41) is 11.1. The molecule has 2 fully saturated rings. The minimum absolute atomic E-state index is 0.0878. The Bertz CT molecular complexity index is 1240. The molecule has 38 heavy (non-hydrogen) atoms. The van der Waals surface area contributed by atoms with Crippen LogP contribution in [0, 0.1) is 5.92 Å². The number of aromatic amines is 1. The Kier molecular flexibility index (Phi) is 6.77. The molecule has 1 aliphatic carbocycles. The third-order valence-corrected chi connectivity index (χ3v) is 7.18. The topological polar surface area (TPSA) is 57.3 Å². The number of nitrogens with zero attached hydrogens (tertiary/aromatic N) is 4. The Morgan fingerprint density at radius 2 is 1.68 bits per heavy atom. The van der Waals surface area contributed by atoms with Crippen LogP contribution in [0.15, 0.2) is 48.5 Å². The first kappa shape index (κ1) is 26.6. The number of benzene rings is 2. The lowest BCUT2D eigenvalue weighted by atomic mass is 9.98. The van der Waals surface area contributed by atoms with Crippen molar-refractivity contribution < 1.29 is 31.1 Å². The van der Waals surface area contributed by atoms with Gasteiger partial charge in [0.1, 0.15) is 5.69 Å². The van der Waals surface area contributed by atoms with E-state index in [-0.39, 0.29) is 30.2 Å². The Morgan fingerprint density at radius 3 is 2.29 bits per heavy atom. The van der Waals surface area contributed by atoms with Crippen LogP contribution in [0.4, 0.5) is 26.3 Å². The van der Waals surface area contributed by atoms with Crippen LogP contribution in [0.1, 0.15) is 46.1 Å². The van der Waals surface area contributed by atoms with Gasteiger partial charge in [-0.1, -0.05) is 35.5 Å². The quantitative estimate of drug-likeness (QED) is 0.387. The van der Waals surface area contributed by atoms with Gasteiger partial charge in [-0.05, 0) is 49.8 Å². The molecule has 2 heterocycles. The number of H-pyrrole nitrogens is 1. The van der Waals surface area contributed by atoms with E-state index >= 15 is 0 Å². The molecule has 0 bridgehead atoms. The SMILES string of the molecule is CN(C)Cc1[nH]nnc1CN1CC2C[C@]2(OCc2cc(C(F)(F)F)cc(C(F)(F)F)c2)[C@@H]1c1ccccc1. The fourth-order valence-corrected chi connectivity index (χ4v) is 5.47. The molecule has 3 atom stereocenters. The zero-order valence-corrected chi connectivity index (χ0v) is 20.8. The Hall–Kier alpha value is -2.96. The van der Waals surface area contributed by atoms with E-state index in [9.17, 15) is 26.3 Å². The average molecular weight is 540 g/mol. The van der Waals surface area contributed by atoms with E-state index in [1.807, 2.05) is 49.3 Å². The van der Waals surface area contributed by atoms with Gasteiger partial charge in [0, 0.05) is 25.6 Å². The third-order valence-electron chi connectivity index (χ3n) is 7.18. The average Bonchev–Trinajstić information content (AvgIpc) is 3.19. The molecule has 1 N–H and O–H groups in total. The van der Waals surface area contributed by atoms with Crippen LogP contribution in [0.25, 0.3) is 0 Å². The lowest BCUT2D eigenvalue weighted by Gasteiger charge is -2.32. The minimum Gasteiger partial charge on any atom is -0.368 e. The molecule has 5 rings (SSSR count). The Labute approximate surface area is 215 Å². The molecular weight excluding hydrogens is 512 g/mol. The van der Waals surface area contributed by atoms with Crippen molar-refractivity contribution in [3.63, 3.8) is 0 Å². The summed E-state index contributed by atoms with van der Waals surface area (Å²) in [4.78, 5) is 4.19. The highest BCUT2D eigenvalue weighted by Crippen LogP contribution is 2.63. The summed E-state index contributed by atoms with van der Waals surface area (Å²) in [7, 11) is 3.87. The van der Waals surface area contributed by atoms with Gasteiger partial charge in [0.25, 0.3) is 0 Å². The van der Waals surface area contributed by atoms with Gasteiger partial charge < -0.3 is 9.64 Å². The van der Waals surface area contributed by atoms with Crippen molar-refractivity contribution in [3.05, 3.63) is 82.2 Å². The number of alkyl halides is 6. The first-order valence-corrected chi connectivity index (χ1v) is 12.1. The number of likely N-dealkylation sites (tertiary alicyclic amines) is 1. The fraction of sp³-hybridized carbons (Fsp3) is 0.462. The minimum atomic E-state index is -4.91. The molecule has 3 aromatic rings. The number of nitrogens with one attached hydrogen (secondary N) is 1. The van der Waals surface area contributed by atoms with Crippen LogP contribution in [-0.2, 0) is 36.8 Å². The normalized spacial score (nSPS) is 23.7. The Balaban J connectivity index is 1.42. The summed E-state index contributed by atoms with van der Waals surface area (Å²) < 4.78 is 86.4. The molecule has 2 aromatic carbocycles. The zero-order valence-electron chi connectivity index (χ0n) is 20.8. The summed E-state index contributed by atoms with van der Waals surface area (Å²) in [6, 6.07) is 10.9. The van der Waals surface area contributed by atoms with Gasteiger partial charge in [0.05, 0.1) is 35.1 Å². The molecule has 2 aliphatic rings. The van der Waals surface area contributed by atoms with Gasteiger partial charge in [0.15, 0.2) is 0 Å². The van der Waals surface area contributed by atoms with Crippen molar-refractivity contribution in [1.82, 2.24) is 25.2 Å². The number of halogens is 6. The van der Waals surface area contributed by atoms with E-state index < -0.39 is 29.1 Å². The number of hydrogen-bond donors (Lipinski definition) is 1. The van der Waals surface area contributed by atoms with Crippen LogP contribution < -0.4 is 0 Å². The summed E-state index contributed by atoms with van der Waals surface area (Å²) in [6.07, 6.45) is -9.15. The van der Waals surface area contributed by atoms with E-state index in [1.165, 1.54) is 0 Å². The Morgan fingerprint density at radius 1 is 1.03 bits per heavy atom. The maximum atomic E-state index is 13.4. The van der Waals surface area contributed by atoms with Gasteiger partial charge in [-0.15, -0.1) is 5.10 Å². The van der Waals surface area contributed by atoms with Crippen molar-refractivity contribution >= 4 is 0 Å². The highest BCUT2D eigenvalue weighted by molar-refractivity contribution is 5.35. The molecule has 1 saturated heterocycles. The molecule has 6 nitrogen and oxygen atoms in total. The van der Waals surface area contributed by atoms with Gasteiger partial charge in [0.2, 0.25) is 0 Å². The molecule has 1 aromatic heterocycles. The standard InChI is InChI=1S/C26H27F6N5O/c1-36(2)13-21-22(34-35-33-21)14-37-12-20-11-24(20,23(37)17-6-4-3-5-7-17)38-15-16-8-18(25(27,28)29)10-19(9-16)26(30,31)32/h3-10,20,23H,11-15H2,1-2H3,(H,33,34,35)/t20?,23-,24+/m0/s1. The lowest BCUT2D eigenvalue weighted by Crippen LogP contribution is -2.34. The zero-order chi connectivity index (χ0) is 27.3. The van der Waals surface area contributed by atoms with Gasteiger partial charge in [-0.2, -0.15) is 26.3 Å². The van der Waals surface area contributed by atoms with E-state index in [1.54, 1.807) is 0 Å². The maximum absolute atomic E-state index is 13.4. The number of fused-ring (bicyclic) bond motifs is 1. The van der Waals surface area contributed by atoms with Crippen molar-refractivity contribution in [2.24, 2.45) is 5.92 Å². The highest BCUT2D eigenvalue weighted by Gasteiger charge is 2.67. The maximum Gasteiger partial charge on any atom is 0.416 e. The van der Waals surface area contributed by atoms with E-state index in [2.05, 4.69) is 20.3 Å². The number of hydrogen-bond acceptors (Lipinski definition) is 5. The molecule has 0 radical (unpaired) electrons. The molecule has 12 heteroatoms. The van der Waals surface area contributed by atoms with Crippen LogP contribution in [0.5, 0.6) is 0 Å². The van der Waals surface area contributed by atoms with Crippen molar-refractivity contribution in [2.75, 3.05) is 20.6 Å². The number of ether oxygens (including phenoxy) is 1. The molecule has 204 valence electrons. The number of piperidine rings is 1. The summed E-state index contributed by atoms with van der Waals surface area (Å²) in [5.74, 6) is 0.0878. The monoisotopic (exact) mass is 539 g/mol. The van der Waals surface area contributed by atoms with Crippen molar-refractivity contribution in [2.45, 2.75) is 50.1 Å². The van der Waals surface area contributed by atoms with E-state index in [4.69, 9.17) is 4.74 Å². The summed E-state index contributed by atoms with van der Waals surface area (Å²) in [6.45, 7) is 1.39. The van der Waals surface area contributed by atoms with Crippen LogP contribution in [-0.4, -0.2) is 51.5 Å². The van der Waals surface area contributed by atoms with Gasteiger partial charge in [-0.25, -0.2) is 0 Å². The number of rotatable bonds is 8. The van der Waals surface area contributed by atoms with Crippen molar-refractivity contribution in [3.8, 4) is 0 Å². The lowest BCUT2D eigenvalue weighted by molar-refractivity contribution is -0.143. The smallest absolute Gasteiger partial charge is 0.368 e. The first-order valence-electron chi connectivity index (χ1n) is 12.1. The second kappa shape index (κ2) is 9.65. The molecule has 1 unspecified atom stereocenters. The summed E-state index contributed by atoms with van der Waals surface area (Å²) >= 11 is 0. The largest absolute Gasteiger partial charge is 0.416 e. The third kappa shape index (κ3) is 5.29. The molecule has 0 spiro atoms. The van der Waals surface area contributed by atoms with E-state index in [0.29, 0.717) is 26.1 Å². The molecule has 1 aliphatic heterocycles. The van der Waals surface area contributed by atoms with E-state index in [0.717, 1.165) is 29.1 Å². The second-order valence-corrected chi connectivity index (χ2v) is 10.3. The van der Waals surface area contributed by atoms with Gasteiger partial charge in [-0.3, -0.25) is 10.00 Å². The second-order valence-electron chi connectivity index (χ2n) is 10.3. The van der Waals surface area contributed by atoms with Crippen LogP contribution in [0.2, 0.25) is 0 Å². The van der Waals surface area contributed by atoms with Crippen LogP contribution >= 0.6 is 0 Å². The fourth-order valence-electron chi connectivity index (χ4n) is 5.47.